The van der Waals surface area contributed by atoms with Gasteiger partial charge in [0.05, 0.1) is 12.1 Å². The summed E-state index contributed by atoms with van der Waals surface area (Å²) in [7, 11) is 0. The molecule has 2 rings (SSSR count). The highest BCUT2D eigenvalue weighted by Crippen LogP contribution is 2.11. The van der Waals surface area contributed by atoms with Gasteiger partial charge < -0.3 is 12.4 Å². The first kappa shape index (κ1) is 23.4. The van der Waals surface area contributed by atoms with Crippen LogP contribution in [0.25, 0.3) is 0 Å². The lowest BCUT2D eigenvalue weighted by molar-refractivity contribution is -0.702. The lowest BCUT2D eigenvalue weighted by Gasteiger charge is -2.03. The fraction of sp³-hybridized carbons (Fsp3) is 0.565. The number of carbonyl (C=O) groups is 1. The van der Waals surface area contributed by atoms with E-state index in [0.29, 0.717) is 0 Å². The summed E-state index contributed by atoms with van der Waals surface area (Å²) in [6, 6.07) is 9.49. The number of rotatable bonds is 12. The number of imidazole rings is 1. The van der Waals surface area contributed by atoms with Crippen LogP contribution in [0.4, 0.5) is 0 Å². The number of unbranched alkanes of at least 4 members (excludes halogenated alkanes) is 9. The van der Waals surface area contributed by atoms with Crippen molar-refractivity contribution in [1.82, 2.24) is 4.57 Å². The van der Waals surface area contributed by atoms with Crippen molar-refractivity contribution < 1.29 is 21.8 Å². The normalized spacial score (nSPS) is 10.6. The van der Waals surface area contributed by atoms with Gasteiger partial charge in [0.2, 0.25) is 0 Å². The van der Waals surface area contributed by atoms with Gasteiger partial charge in [-0.2, -0.15) is 4.57 Å². The van der Waals surface area contributed by atoms with E-state index in [4.69, 9.17) is 0 Å². The average molecular weight is 391 g/mol. The van der Waals surface area contributed by atoms with Crippen LogP contribution in [0.3, 0.4) is 0 Å². The zero-order valence-corrected chi connectivity index (χ0v) is 17.8. The highest BCUT2D eigenvalue weighted by atomic mass is 35.5. The molecule has 0 atom stereocenters. The molecule has 27 heavy (non-hydrogen) atoms. The van der Waals surface area contributed by atoms with Crippen molar-refractivity contribution in [1.29, 1.82) is 0 Å². The van der Waals surface area contributed by atoms with E-state index >= 15 is 0 Å². The molecule has 4 heteroatoms. The molecular weight excluding hydrogens is 356 g/mol. The first-order chi connectivity index (χ1) is 12.7. The number of nitrogens with zero attached hydrogens (tertiary/aromatic N) is 2. The molecule has 0 aliphatic heterocycles. The Bertz CT molecular complexity index is 652. The molecule has 0 saturated heterocycles. The quantitative estimate of drug-likeness (QED) is 0.404. The number of carbonyl (C=O) groups excluding carboxylic acids is 1. The molecule has 0 radical (unpaired) electrons. The topological polar surface area (TPSA) is 25.9 Å². The first-order valence-corrected chi connectivity index (χ1v) is 10.4. The molecule has 150 valence electrons. The average Bonchev–Trinajstić information content (AvgIpc) is 3.04. The van der Waals surface area contributed by atoms with Gasteiger partial charge in [-0.3, -0.25) is 0 Å². The molecule has 0 N–H and O–H groups in total. The Balaban J connectivity index is 0.00000364. The molecule has 0 bridgehead atoms. The highest BCUT2D eigenvalue weighted by molar-refractivity contribution is 5.96. The Kier molecular flexibility index (Phi) is 11.8. The van der Waals surface area contributed by atoms with Crippen LogP contribution in [-0.4, -0.2) is 10.5 Å². The van der Waals surface area contributed by atoms with Crippen molar-refractivity contribution in [2.75, 3.05) is 0 Å². The summed E-state index contributed by atoms with van der Waals surface area (Å²) in [4.78, 5) is 12.6. The predicted octanol–water partition coefficient (Wildman–Crippen LogP) is 2.70. The summed E-state index contributed by atoms with van der Waals surface area (Å²) in [6.45, 7) is 5.29. The van der Waals surface area contributed by atoms with Crippen molar-refractivity contribution in [2.45, 2.75) is 84.6 Å². The summed E-state index contributed by atoms with van der Waals surface area (Å²) < 4.78 is 3.96. The van der Waals surface area contributed by atoms with E-state index in [2.05, 4.69) is 11.5 Å². The minimum atomic E-state index is 0. The molecule has 0 amide bonds. The van der Waals surface area contributed by atoms with Crippen molar-refractivity contribution in [3.63, 3.8) is 0 Å². The molecular formula is C23H35ClN2O. The Labute approximate surface area is 171 Å². The van der Waals surface area contributed by atoms with Crippen molar-refractivity contribution >= 4 is 5.91 Å². The van der Waals surface area contributed by atoms with Crippen LogP contribution in [0.5, 0.6) is 0 Å². The van der Waals surface area contributed by atoms with E-state index < -0.39 is 0 Å². The van der Waals surface area contributed by atoms with E-state index in [1.165, 1.54) is 64.2 Å². The zero-order valence-electron chi connectivity index (χ0n) is 17.0. The number of hydrogen-bond acceptors (Lipinski definition) is 1. The summed E-state index contributed by atoms with van der Waals surface area (Å²) in [6.07, 6.45) is 17.4. The molecule has 0 aliphatic carbocycles. The van der Waals surface area contributed by atoms with Crippen LogP contribution < -0.4 is 17.0 Å². The molecule has 0 saturated carbocycles. The minimum absolute atomic E-state index is 0. The van der Waals surface area contributed by atoms with Crippen molar-refractivity contribution in [3.05, 3.63) is 54.1 Å². The number of hydrogen-bond donors (Lipinski definition) is 0. The largest absolute Gasteiger partial charge is 1.00 e. The SMILES string of the molecule is CCCCCCCCCCCC[n+]1ccn(C(=O)c2ccccc2)c1C.[Cl-]. The Morgan fingerprint density at radius 2 is 1.44 bits per heavy atom. The van der Waals surface area contributed by atoms with Gasteiger partial charge in [-0.15, -0.1) is 0 Å². The molecule has 2 aromatic rings. The van der Waals surface area contributed by atoms with Gasteiger partial charge in [0.15, 0.2) is 0 Å². The van der Waals surface area contributed by atoms with Gasteiger partial charge in [-0.05, 0) is 25.0 Å². The number of halogens is 1. The second-order valence-electron chi connectivity index (χ2n) is 7.26. The molecule has 0 aliphatic rings. The van der Waals surface area contributed by atoms with Crippen molar-refractivity contribution in [3.8, 4) is 0 Å². The monoisotopic (exact) mass is 390 g/mol. The van der Waals surface area contributed by atoms with E-state index in [9.17, 15) is 4.79 Å². The number of aromatic nitrogens is 2. The fourth-order valence-electron chi connectivity index (χ4n) is 3.44. The molecule has 3 nitrogen and oxygen atoms in total. The predicted molar refractivity (Wildman–Crippen MR) is 107 cm³/mol. The summed E-state index contributed by atoms with van der Waals surface area (Å²) in [5, 5.41) is 0. The Hall–Kier alpha value is -1.61. The molecule has 1 aromatic heterocycles. The van der Waals surface area contributed by atoms with Gasteiger partial charge in [-0.25, -0.2) is 9.36 Å². The summed E-state index contributed by atoms with van der Waals surface area (Å²) >= 11 is 0. The van der Waals surface area contributed by atoms with Gasteiger partial charge in [0.1, 0.15) is 12.4 Å². The molecule has 1 heterocycles. The third kappa shape index (κ3) is 7.88. The molecule has 0 spiro atoms. The zero-order chi connectivity index (χ0) is 18.6. The Morgan fingerprint density at radius 3 is 2.04 bits per heavy atom. The van der Waals surface area contributed by atoms with Crippen LogP contribution in [-0.2, 0) is 6.54 Å². The van der Waals surface area contributed by atoms with Crippen LogP contribution >= 0.6 is 0 Å². The van der Waals surface area contributed by atoms with Crippen LogP contribution in [0.1, 0.15) is 87.3 Å². The summed E-state index contributed by atoms with van der Waals surface area (Å²) in [5.74, 6) is 1.06. The lowest BCUT2D eigenvalue weighted by atomic mass is 10.1. The fourth-order valence-corrected chi connectivity index (χ4v) is 3.44. The second-order valence-corrected chi connectivity index (χ2v) is 7.26. The maximum atomic E-state index is 12.6. The molecule has 0 unspecified atom stereocenters. The maximum absolute atomic E-state index is 12.6. The van der Waals surface area contributed by atoms with E-state index in [1.54, 1.807) is 4.57 Å². The van der Waals surface area contributed by atoms with Crippen LogP contribution in [0.2, 0.25) is 0 Å². The standard InChI is InChI=1S/C23H35N2O.ClH/c1-3-4-5-6-7-8-9-10-11-15-18-24-19-20-25(21(24)2)23(26)22-16-13-12-14-17-22;/h12-14,16-17,19-20H,3-11,15,18H2,1-2H3;1H/q+1;/p-1. The van der Waals surface area contributed by atoms with Gasteiger partial charge in [-0.1, -0.05) is 76.5 Å². The second kappa shape index (κ2) is 13.5. The minimum Gasteiger partial charge on any atom is -1.00 e. The number of benzene rings is 1. The van der Waals surface area contributed by atoms with E-state index in [-0.39, 0.29) is 18.3 Å². The van der Waals surface area contributed by atoms with Gasteiger partial charge in [0.25, 0.3) is 5.82 Å². The lowest BCUT2D eigenvalue weighted by Crippen LogP contribution is -3.00. The van der Waals surface area contributed by atoms with Crippen molar-refractivity contribution in [2.24, 2.45) is 0 Å². The third-order valence-corrected chi connectivity index (χ3v) is 5.15. The first-order valence-electron chi connectivity index (χ1n) is 10.4. The maximum Gasteiger partial charge on any atom is 0.345 e. The third-order valence-electron chi connectivity index (χ3n) is 5.15. The van der Waals surface area contributed by atoms with Gasteiger partial charge in [0, 0.05) is 6.92 Å². The van der Waals surface area contributed by atoms with Gasteiger partial charge >= 0.3 is 5.91 Å². The Morgan fingerprint density at radius 1 is 0.889 bits per heavy atom. The molecule has 1 aromatic carbocycles. The van der Waals surface area contributed by atoms with Crippen LogP contribution in [0.15, 0.2) is 42.7 Å². The highest BCUT2D eigenvalue weighted by Gasteiger charge is 2.20. The molecule has 0 fully saturated rings. The smallest absolute Gasteiger partial charge is 0.345 e. The van der Waals surface area contributed by atoms with E-state index in [1.807, 2.05) is 49.6 Å². The summed E-state index contributed by atoms with van der Waals surface area (Å²) in [5.41, 5.74) is 0.734. The van der Waals surface area contributed by atoms with E-state index in [0.717, 1.165) is 17.9 Å². The number of aryl methyl sites for hydroxylation is 1. The van der Waals surface area contributed by atoms with Crippen LogP contribution in [0, 0.1) is 6.92 Å².